The highest BCUT2D eigenvalue weighted by atomic mass is 16.5. The molecule has 0 saturated carbocycles. The fraction of sp³-hybridized carbons (Fsp3) is 0.370. The van der Waals surface area contributed by atoms with Crippen molar-refractivity contribution >= 4 is 18.0 Å². The summed E-state index contributed by atoms with van der Waals surface area (Å²) >= 11 is 0. The number of carboxylic acid groups (broad SMARTS) is 1. The van der Waals surface area contributed by atoms with Crippen LogP contribution in [0.25, 0.3) is 11.1 Å². The number of nitrogens with one attached hydrogen (secondary N) is 2. The van der Waals surface area contributed by atoms with Crippen molar-refractivity contribution in [3.05, 3.63) is 71.3 Å². The first-order valence-electron chi connectivity index (χ1n) is 11.6. The fourth-order valence-electron chi connectivity index (χ4n) is 4.09. The number of ether oxygens (including phenoxy) is 1. The van der Waals surface area contributed by atoms with E-state index in [1.165, 1.54) is 35.3 Å². The lowest BCUT2D eigenvalue weighted by atomic mass is 9.98. The maximum absolute atomic E-state index is 12.2. The van der Waals surface area contributed by atoms with Crippen molar-refractivity contribution in [1.82, 2.24) is 10.6 Å². The molecule has 3 rings (SSSR count). The first-order valence-corrected chi connectivity index (χ1v) is 11.6. The molecule has 1 unspecified atom stereocenters. The summed E-state index contributed by atoms with van der Waals surface area (Å²) in [5, 5.41) is 14.3. The molecule has 0 saturated heterocycles. The van der Waals surface area contributed by atoms with E-state index in [0.717, 1.165) is 6.42 Å². The minimum atomic E-state index is -0.994. The molecule has 1 aliphatic rings. The van der Waals surface area contributed by atoms with Crippen molar-refractivity contribution < 1.29 is 24.2 Å². The highest BCUT2D eigenvalue weighted by Crippen LogP contribution is 2.44. The maximum atomic E-state index is 12.2. The molecule has 0 spiro atoms. The van der Waals surface area contributed by atoms with Gasteiger partial charge in [-0.3, -0.25) is 4.79 Å². The summed E-state index contributed by atoms with van der Waals surface area (Å²) in [6.07, 6.45) is 2.80. The van der Waals surface area contributed by atoms with Gasteiger partial charge in [-0.15, -0.1) is 0 Å². The normalized spacial score (nSPS) is 13.5. The monoisotopic (exact) mass is 464 g/mol. The summed E-state index contributed by atoms with van der Waals surface area (Å²) < 4.78 is 5.54. The van der Waals surface area contributed by atoms with Crippen LogP contribution in [-0.4, -0.2) is 42.8 Å². The maximum Gasteiger partial charge on any atom is 0.407 e. The minimum absolute atomic E-state index is 0.0321. The molecule has 0 fully saturated rings. The van der Waals surface area contributed by atoms with Crippen LogP contribution in [0.3, 0.4) is 0 Å². The standard InChI is InChI=1S/C27H32N2O5/c1-18(11-12-25(30)28-16-14-19(2)26(31)32)13-15-29-27(33)34-17-24-22-9-5-3-7-20(22)21-8-4-6-10-23(21)24/h3-10,14,18,24H,11-13,15-17H2,1-2H3,(H,28,30)(H,29,33)(H,31,32)/b19-14+. The number of fused-ring (bicyclic) bond motifs is 3. The number of rotatable bonds is 11. The lowest BCUT2D eigenvalue weighted by molar-refractivity contribution is -0.132. The number of carbonyl (C=O) groups excluding carboxylic acids is 2. The van der Waals surface area contributed by atoms with Crippen LogP contribution in [0.15, 0.2) is 60.2 Å². The third-order valence-corrected chi connectivity index (χ3v) is 6.16. The van der Waals surface area contributed by atoms with E-state index >= 15 is 0 Å². The Kier molecular flexibility index (Phi) is 8.85. The van der Waals surface area contributed by atoms with Crippen LogP contribution in [0.4, 0.5) is 4.79 Å². The Labute approximate surface area is 200 Å². The molecular formula is C27H32N2O5. The molecule has 0 radical (unpaired) electrons. The van der Waals surface area contributed by atoms with Crippen molar-refractivity contribution in [3.8, 4) is 11.1 Å². The molecule has 2 aromatic rings. The van der Waals surface area contributed by atoms with Crippen LogP contribution in [-0.2, 0) is 14.3 Å². The van der Waals surface area contributed by atoms with Crippen LogP contribution >= 0.6 is 0 Å². The number of aliphatic carboxylic acids is 1. The Hall–Kier alpha value is -3.61. The first kappa shape index (κ1) is 25.0. The molecule has 2 aromatic carbocycles. The lowest BCUT2D eigenvalue weighted by Crippen LogP contribution is -2.28. The molecule has 7 nitrogen and oxygen atoms in total. The van der Waals surface area contributed by atoms with Gasteiger partial charge in [-0.1, -0.05) is 61.5 Å². The Balaban J connectivity index is 1.35. The van der Waals surface area contributed by atoms with Crippen molar-refractivity contribution in [2.75, 3.05) is 19.7 Å². The van der Waals surface area contributed by atoms with Crippen molar-refractivity contribution in [2.45, 2.75) is 39.0 Å². The summed E-state index contributed by atoms with van der Waals surface area (Å²) in [5.74, 6) is -0.835. The van der Waals surface area contributed by atoms with E-state index in [0.29, 0.717) is 19.4 Å². The van der Waals surface area contributed by atoms with Gasteiger partial charge in [0.05, 0.1) is 0 Å². The molecule has 34 heavy (non-hydrogen) atoms. The number of carboxylic acids is 1. The minimum Gasteiger partial charge on any atom is -0.478 e. The second-order valence-corrected chi connectivity index (χ2v) is 8.68. The summed E-state index contributed by atoms with van der Waals surface area (Å²) in [7, 11) is 0. The number of benzene rings is 2. The van der Waals surface area contributed by atoms with Gasteiger partial charge in [0.25, 0.3) is 0 Å². The summed E-state index contributed by atoms with van der Waals surface area (Å²) in [6, 6.07) is 16.4. The van der Waals surface area contributed by atoms with E-state index in [9.17, 15) is 14.4 Å². The van der Waals surface area contributed by atoms with Crippen LogP contribution in [0, 0.1) is 5.92 Å². The van der Waals surface area contributed by atoms with Crippen molar-refractivity contribution in [3.63, 3.8) is 0 Å². The van der Waals surface area contributed by atoms with Gasteiger partial charge < -0.3 is 20.5 Å². The van der Waals surface area contributed by atoms with Gasteiger partial charge in [0.1, 0.15) is 6.61 Å². The van der Waals surface area contributed by atoms with Crippen LogP contribution in [0.2, 0.25) is 0 Å². The highest BCUT2D eigenvalue weighted by Gasteiger charge is 2.28. The van der Waals surface area contributed by atoms with Crippen molar-refractivity contribution in [2.24, 2.45) is 5.92 Å². The molecule has 3 N–H and O–H groups in total. The van der Waals surface area contributed by atoms with Gasteiger partial charge in [0.2, 0.25) is 5.91 Å². The predicted molar refractivity (Wildman–Crippen MR) is 130 cm³/mol. The van der Waals surface area contributed by atoms with E-state index in [1.54, 1.807) is 0 Å². The molecule has 7 heteroatoms. The predicted octanol–water partition coefficient (Wildman–Crippen LogP) is 4.48. The van der Waals surface area contributed by atoms with Gasteiger partial charge in [-0.2, -0.15) is 0 Å². The quantitative estimate of drug-likeness (QED) is 0.425. The van der Waals surface area contributed by atoms with Crippen LogP contribution in [0.5, 0.6) is 0 Å². The molecule has 0 aliphatic heterocycles. The smallest absolute Gasteiger partial charge is 0.407 e. The van der Waals surface area contributed by atoms with Gasteiger partial charge in [-0.25, -0.2) is 9.59 Å². The Morgan fingerprint density at radius 3 is 2.24 bits per heavy atom. The van der Waals surface area contributed by atoms with E-state index in [-0.39, 0.29) is 36.5 Å². The largest absolute Gasteiger partial charge is 0.478 e. The number of hydrogen-bond donors (Lipinski definition) is 3. The third-order valence-electron chi connectivity index (χ3n) is 6.16. The topological polar surface area (TPSA) is 105 Å². The zero-order valence-corrected chi connectivity index (χ0v) is 19.7. The lowest BCUT2D eigenvalue weighted by Gasteiger charge is -2.15. The number of amides is 2. The number of hydrogen-bond acceptors (Lipinski definition) is 4. The van der Waals surface area contributed by atoms with Gasteiger partial charge in [-0.05, 0) is 47.9 Å². The molecule has 1 aliphatic carbocycles. The van der Waals surface area contributed by atoms with E-state index in [4.69, 9.17) is 9.84 Å². The Bertz CT molecular complexity index is 1020. The van der Waals surface area contributed by atoms with Gasteiger partial charge in [0, 0.05) is 31.0 Å². The van der Waals surface area contributed by atoms with Crippen LogP contribution < -0.4 is 10.6 Å². The summed E-state index contributed by atoms with van der Waals surface area (Å²) in [6.45, 7) is 4.47. The number of carbonyl (C=O) groups is 3. The van der Waals surface area contributed by atoms with E-state index in [2.05, 4.69) is 34.9 Å². The van der Waals surface area contributed by atoms with Gasteiger partial charge >= 0.3 is 12.1 Å². The molecule has 0 aromatic heterocycles. The molecule has 2 amide bonds. The molecule has 180 valence electrons. The fourth-order valence-corrected chi connectivity index (χ4v) is 4.09. The second-order valence-electron chi connectivity index (χ2n) is 8.68. The second kappa shape index (κ2) is 12.0. The SMILES string of the molecule is C/C(=C\CNC(=O)CCC(C)CCNC(=O)OCC1c2ccccc2-c2ccccc21)C(=O)O. The number of alkyl carbamates (subject to hydrolysis) is 1. The van der Waals surface area contributed by atoms with E-state index in [1.807, 2.05) is 31.2 Å². The zero-order chi connectivity index (χ0) is 24.5. The Morgan fingerprint density at radius 1 is 1.00 bits per heavy atom. The zero-order valence-electron chi connectivity index (χ0n) is 19.7. The average molecular weight is 465 g/mol. The molecule has 0 heterocycles. The first-order chi connectivity index (χ1) is 16.4. The highest BCUT2D eigenvalue weighted by molar-refractivity contribution is 5.86. The summed E-state index contributed by atoms with van der Waals surface area (Å²) in [5.41, 5.74) is 4.94. The molecular weight excluding hydrogens is 432 g/mol. The van der Waals surface area contributed by atoms with Crippen molar-refractivity contribution in [1.29, 1.82) is 0 Å². The van der Waals surface area contributed by atoms with Crippen LogP contribution in [0.1, 0.15) is 50.2 Å². The van der Waals surface area contributed by atoms with E-state index < -0.39 is 12.1 Å². The Morgan fingerprint density at radius 2 is 1.62 bits per heavy atom. The summed E-state index contributed by atoms with van der Waals surface area (Å²) in [4.78, 5) is 34.9. The average Bonchev–Trinajstić information content (AvgIpc) is 3.15. The molecule has 0 bridgehead atoms. The van der Waals surface area contributed by atoms with Gasteiger partial charge in [0.15, 0.2) is 0 Å². The molecule has 1 atom stereocenters. The third kappa shape index (κ3) is 6.70.